The summed E-state index contributed by atoms with van der Waals surface area (Å²) in [6, 6.07) is 0. The van der Waals surface area contributed by atoms with Gasteiger partial charge in [-0.1, -0.05) is 26.7 Å². The van der Waals surface area contributed by atoms with Gasteiger partial charge in [-0.15, -0.1) is 0 Å². The van der Waals surface area contributed by atoms with Crippen molar-refractivity contribution in [2.24, 2.45) is 0 Å². The van der Waals surface area contributed by atoms with E-state index >= 15 is 0 Å². The lowest BCUT2D eigenvalue weighted by molar-refractivity contribution is -0.120. The molecule has 18 heavy (non-hydrogen) atoms. The molecule has 104 valence electrons. The van der Waals surface area contributed by atoms with E-state index in [-0.39, 0.29) is 5.91 Å². The summed E-state index contributed by atoms with van der Waals surface area (Å²) in [5, 5.41) is 2.63. The van der Waals surface area contributed by atoms with E-state index in [2.05, 4.69) is 15.3 Å². The molecule has 1 heterocycles. The largest absolute Gasteiger partial charge is 0.359 e. The number of rotatable bonds is 7. The molecule has 0 radical (unpaired) electrons. The summed E-state index contributed by atoms with van der Waals surface area (Å²) in [4.78, 5) is 18.4. The van der Waals surface area contributed by atoms with E-state index in [1.807, 2.05) is 27.0 Å². The average Bonchev–Trinajstić information content (AvgIpc) is 2.81. The molecule has 0 fully saturated rings. The van der Waals surface area contributed by atoms with E-state index in [1.54, 1.807) is 7.05 Å². The zero-order valence-electron chi connectivity index (χ0n) is 12.2. The molecule has 0 saturated heterocycles. The molecule has 0 spiro atoms. The summed E-state index contributed by atoms with van der Waals surface area (Å²) in [5.74, 6) is 1.21. The molecule has 0 atom stereocenters. The first-order valence-electron chi connectivity index (χ1n) is 6.93. The maximum Gasteiger partial charge on any atom is 0.219 e. The van der Waals surface area contributed by atoms with Gasteiger partial charge in [0.05, 0.1) is 0 Å². The molecule has 0 bridgehead atoms. The van der Waals surface area contributed by atoms with Gasteiger partial charge in [-0.25, -0.2) is 4.98 Å². The van der Waals surface area contributed by atoms with E-state index in [0.717, 1.165) is 43.6 Å². The number of H-pyrrole nitrogens is 1. The summed E-state index contributed by atoms with van der Waals surface area (Å²) < 4.78 is 0. The third kappa shape index (κ3) is 7.87. The van der Waals surface area contributed by atoms with Gasteiger partial charge in [0, 0.05) is 31.8 Å². The van der Waals surface area contributed by atoms with Crippen molar-refractivity contribution in [3.63, 3.8) is 0 Å². The average molecular weight is 253 g/mol. The molecule has 1 rings (SSSR count). The molecule has 2 N–H and O–H groups in total. The van der Waals surface area contributed by atoms with Crippen LogP contribution in [-0.2, 0) is 11.2 Å². The summed E-state index contributed by atoms with van der Waals surface area (Å²) in [5.41, 5.74) is 1.12. The number of nitrogens with one attached hydrogen (secondary N) is 2. The van der Waals surface area contributed by atoms with Crippen molar-refractivity contribution in [3.8, 4) is 0 Å². The quantitative estimate of drug-likeness (QED) is 0.734. The summed E-state index contributed by atoms with van der Waals surface area (Å²) in [7, 11) is 1.68. The molecule has 0 unspecified atom stereocenters. The van der Waals surface area contributed by atoms with E-state index in [4.69, 9.17) is 0 Å². The smallest absolute Gasteiger partial charge is 0.219 e. The number of carbonyl (C=O) groups is 1. The van der Waals surface area contributed by atoms with Crippen LogP contribution in [0, 0.1) is 6.92 Å². The van der Waals surface area contributed by atoms with Crippen molar-refractivity contribution in [2.75, 3.05) is 7.05 Å². The highest BCUT2D eigenvalue weighted by Crippen LogP contribution is 2.06. The fourth-order valence-corrected chi connectivity index (χ4v) is 1.65. The van der Waals surface area contributed by atoms with Gasteiger partial charge >= 0.3 is 0 Å². The number of aromatic amines is 1. The van der Waals surface area contributed by atoms with Crippen LogP contribution in [0.3, 0.4) is 0 Å². The maximum atomic E-state index is 10.9. The molecule has 1 aromatic heterocycles. The maximum absolute atomic E-state index is 10.9. The van der Waals surface area contributed by atoms with E-state index in [1.165, 1.54) is 0 Å². The Hall–Kier alpha value is -1.32. The van der Waals surface area contributed by atoms with Gasteiger partial charge in [0.2, 0.25) is 5.91 Å². The van der Waals surface area contributed by atoms with Gasteiger partial charge in [0.1, 0.15) is 5.82 Å². The third-order valence-corrected chi connectivity index (χ3v) is 2.60. The third-order valence-electron chi connectivity index (χ3n) is 2.60. The Kier molecular flexibility index (Phi) is 10.0. The number of carbonyl (C=O) groups excluding carboxylic acids is 1. The van der Waals surface area contributed by atoms with Gasteiger partial charge in [-0.3, -0.25) is 4.79 Å². The van der Waals surface area contributed by atoms with Gasteiger partial charge < -0.3 is 10.3 Å². The number of amides is 1. The topological polar surface area (TPSA) is 57.8 Å². The lowest BCUT2D eigenvalue weighted by Crippen LogP contribution is -2.16. The van der Waals surface area contributed by atoms with Crippen molar-refractivity contribution in [3.05, 3.63) is 17.7 Å². The van der Waals surface area contributed by atoms with Crippen molar-refractivity contribution < 1.29 is 4.79 Å². The van der Waals surface area contributed by atoms with Crippen LogP contribution in [0.4, 0.5) is 0 Å². The van der Waals surface area contributed by atoms with E-state index < -0.39 is 0 Å². The Labute approximate surface area is 111 Å². The Morgan fingerprint density at radius 2 is 1.94 bits per heavy atom. The van der Waals surface area contributed by atoms with Gasteiger partial charge in [-0.05, 0) is 19.8 Å². The summed E-state index contributed by atoms with van der Waals surface area (Å²) in [6.07, 6.45) is 7.92. The predicted molar refractivity (Wildman–Crippen MR) is 75.5 cm³/mol. The van der Waals surface area contributed by atoms with E-state index in [0.29, 0.717) is 6.42 Å². The minimum Gasteiger partial charge on any atom is -0.359 e. The van der Waals surface area contributed by atoms with Crippen LogP contribution in [0.25, 0.3) is 0 Å². The van der Waals surface area contributed by atoms with Crippen molar-refractivity contribution in [2.45, 2.75) is 59.3 Å². The lowest BCUT2D eigenvalue weighted by atomic mass is 10.1. The van der Waals surface area contributed by atoms with Gasteiger partial charge in [0.15, 0.2) is 0 Å². The first-order valence-corrected chi connectivity index (χ1v) is 6.93. The first-order chi connectivity index (χ1) is 8.72. The van der Waals surface area contributed by atoms with Crippen molar-refractivity contribution in [1.82, 2.24) is 15.3 Å². The SMILES string of the molecule is CC.CNC(=O)CCCCCCc1ncc(C)[nH]1. The number of hydrogen-bond acceptors (Lipinski definition) is 2. The molecule has 4 heteroatoms. The molecule has 0 aliphatic carbocycles. The number of nitrogens with zero attached hydrogens (tertiary/aromatic N) is 1. The van der Waals surface area contributed by atoms with Crippen LogP contribution >= 0.6 is 0 Å². The second-order valence-electron chi connectivity index (χ2n) is 4.10. The highest BCUT2D eigenvalue weighted by Gasteiger charge is 1.99. The number of unbranched alkanes of at least 4 members (excludes halogenated alkanes) is 3. The second-order valence-corrected chi connectivity index (χ2v) is 4.10. The van der Waals surface area contributed by atoms with E-state index in [9.17, 15) is 4.79 Å². The Bertz CT molecular complexity index is 321. The predicted octanol–water partition coefficient (Wildman–Crippen LogP) is 2.98. The molecule has 1 amide bonds. The van der Waals surface area contributed by atoms with Crippen LogP contribution in [0.2, 0.25) is 0 Å². The minimum absolute atomic E-state index is 0.140. The fourth-order valence-electron chi connectivity index (χ4n) is 1.65. The van der Waals surface area contributed by atoms with Crippen LogP contribution in [-0.4, -0.2) is 22.9 Å². The minimum atomic E-state index is 0.140. The molecular weight excluding hydrogens is 226 g/mol. The van der Waals surface area contributed by atoms with Crippen molar-refractivity contribution in [1.29, 1.82) is 0 Å². The zero-order valence-corrected chi connectivity index (χ0v) is 12.2. The standard InChI is InChI=1S/C12H21N3O.C2H6/c1-10-9-14-11(15-10)7-5-3-4-6-8-12(16)13-2;1-2/h9H,3-8H2,1-2H3,(H,13,16)(H,14,15);1-2H3. The molecule has 1 aromatic rings. The van der Waals surface area contributed by atoms with Crippen LogP contribution in [0.5, 0.6) is 0 Å². The van der Waals surface area contributed by atoms with Crippen LogP contribution in [0.1, 0.15) is 57.5 Å². The van der Waals surface area contributed by atoms with Crippen molar-refractivity contribution >= 4 is 5.91 Å². The molecule has 0 aromatic carbocycles. The Morgan fingerprint density at radius 1 is 1.28 bits per heavy atom. The number of aryl methyl sites for hydroxylation is 2. The Morgan fingerprint density at radius 3 is 2.50 bits per heavy atom. The normalized spacial score (nSPS) is 9.56. The first kappa shape index (κ1) is 16.7. The number of hydrogen-bond donors (Lipinski definition) is 2. The van der Waals surface area contributed by atoms with Crippen LogP contribution in [0.15, 0.2) is 6.20 Å². The molecule has 0 aliphatic rings. The summed E-state index contributed by atoms with van der Waals surface area (Å²) in [6.45, 7) is 6.01. The molecule has 0 saturated carbocycles. The number of aromatic nitrogens is 2. The lowest BCUT2D eigenvalue weighted by Gasteiger charge is -2.00. The highest BCUT2D eigenvalue weighted by atomic mass is 16.1. The van der Waals surface area contributed by atoms with Crippen LogP contribution < -0.4 is 5.32 Å². The second kappa shape index (κ2) is 10.8. The van der Waals surface area contributed by atoms with Gasteiger partial charge in [0.25, 0.3) is 0 Å². The number of imidazole rings is 1. The van der Waals surface area contributed by atoms with Gasteiger partial charge in [-0.2, -0.15) is 0 Å². The summed E-state index contributed by atoms with van der Waals surface area (Å²) >= 11 is 0. The Balaban J connectivity index is 0.00000137. The fraction of sp³-hybridized carbons (Fsp3) is 0.714. The molecule has 0 aliphatic heterocycles. The molecular formula is C14H27N3O. The monoisotopic (exact) mass is 253 g/mol. The highest BCUT2D eigenvalue weighted by molar-refractivity contribution is 5.75. The zero-order chi connectivity index (χ0) is 13.8. The molecule has 4 nitrogen and oxygen atoms in total.